The summed E-state index contributed by atoms with van der Waals surface area (Å²) in [7, 11) is 0. The van der Waals surface area contributed by atoms with E-state index in [1.165, 1.54) is 28.9 Å². The van der Waals surface area contributed by atoms with Crippen LogP contribution in [-0.2, 0) is 19.5 Å². The molecule has 3 aromatic heterocycles. The lowest BCUT2D eigenvalue weighted by molar-refractivity contribution is 0.500. The number of fused-ring (bicyclic) bond motifs is 2. The molecule has 0 amide bonds. The minimum Gasteiger partial charge on any atom is -0.354 e. The summed E-state index contributed by atoms with van der Waals surface area (Å²) in [6, 6.07) is 12.7. The third-order valence-corrected chi connectivity index (χ3v) is 6.33. The molecule has 4 aromatic rings. The molecule has 1 aliphatic carbocycles. The Bertz CT molecular complexity index is 1070. The number of nitrogens with one attached hydrogen (secondary N) is 1. The highest BCUT2D eigenvalue weighted by molar-refractivity contribution is 7.08. The van der Waals surface area contributed by atoms with Crippen LogP contribution in [-0.4, -0.2) is 15.0 Å². The molecule has 5 nitrogen and oxygen atoms in total. The first-order chi connectivity index (χ1) is 13.8. The fourth-order valence-electron chi connectivity index (χ4n) is 4.21. The number of aromatic amines is 1. The number of rotatable bonds is 5. The quantitative estimate of drug-likeness (QED) is 0.525. The molecule has 0 aliphatic heterocycles. The van der Waals surface area contributed by atoms with E-state index in [2.05, 4.69) is 32.8 Å². The van der Waals surface area contributed by atoms with Crippen molar-refractivity contribution < 1.29 is 0 Å². The largest absolute Gasteiger partial charge is 0.354 e. The average Bonchev–Trinajstić information content (AvgIpc) is 3.37. The predicted octanol–water partition coefficient (Wildman–Crippen LogP) is 4.56. The molecule has 0 radical (unpaired) electrons. The second-order valence-corrected chi connectivity index (χ2v) is 8.01. The van der Waals surface area contributed by atoms with Crippen LogP contribution in [0.3, 0.4) is 0 Å². The third kappa shape index (κ3) is 3.08. The first-order valence-electron chi connectivity index (χ1n) is 9.72. The van der Waals surface area contributed by atoms with Crippen molar-refractivity contribution in [3.8, 4) is 0 Å². The van der Waals surface area contributed by atoms with Gasteiger partial charge in [-0.15, -0.1) is 11.3 Å². The second-order valence-electron chi connectivity index (χ2n) is 7.27. The first kappa shape index (κ1) is 17.4. The number of nitrogens with zero attached hydrogens (tertiary/aromatic N) is 3. The molecule has 3 heterocycles. The van der Waals surface area contributed by atoms with Crippen molar-refractivity contribution in [2.24, 2.45) is 5.73 Å². The van der Waals surface area contributed by atoms with Gasteiger partial charge in [0.1, 0.15) is 5.82 Å². The highest BCUT2D eigenvalue weighted by Crippen LogP contribution is 2.39. The highest BCUT2D eigenvalue weighted by atomic mass is 32.1. The normalized spacial score (nSPS) is 16.2. The number of H-pyrrole nitrogens is 1. The number of para-hydroxylation sites is 2. The first-order valence-corrected chi connectivity index (χ1v) is 10.7. The molecule has 1 unspecified atom stereocenters. The van der Waals surface area contributed by atoms with Gasteiger partial charge in [-0.3, -0.25) is 4.98 Å². The predicted molar refractivity (Wildman–Crippen MR) is 114 cm³/mol. The Morgan fingerprint density at radius 1 is 1.18 bits per heavy atom. The van der Waals surface area contributed by atoms with Crippen LogP contribution in [0.15, 0.2) is 53.4 Å². The molecule has 5 rings (SSSR count). The Morgan fingerprint density at radius 3 is 3.00 bits per heavy atom. The molecule has 6 heteroatoms. The summed E-state index contributed by atoms with van der Waals surface area (Å²) in [5.41, 5.74) is 13.1. The van der Waals surface area contributed by atoms with Crippen LogP contribution in [0.1, 0.15) is 41.5 Å². The van der Waals surface area contributed by atoms with Crippen molar-refractivity contribution in [3.63, 3.8) is 0 Å². The molecule has 0 saturated carbocycles. The summed E-state index contributed by atoms with van der Waals surface area (Å²) in [5, 5.41) is 4.37. The zero-order valence-corrected chi connectivity index (χ0v) is 16.5. The second kappa shape index (κ2) is 7.37. The van der Waals surface area contributed by atoms with Crippen LogP contribution < -0.4 is 10.6 Å². The number of benzene rings is 1. The maximum atomic E-state index is 6.05. The van der Waals surface area contributed by atoms with Crippen molar-refractivity contribution in [2.75, 3.05) is 4.90 Å². The SMILES string of the molecule is NCc1cscc1N(Cc1nc2ccccc2[nH]1)C1CCCc2cccnc21. The molecule has 1 aromatic carbocycles. The maximum absolute atomic E-state index is 6.05. The van der Waals surface area contributed by atoms with Gasteiger partial charge in [-0.1, -0.05) is 18.2 Å². The Morgan fingerprint density at radius 2 is 2.11 bits per heavy atom. The number of thiophene rings is 1. The molecule has 28 heavy (non-hydrogen) atoms. The van der Waals surface area contributed by atoms with Crippen LogP contribution in [0, 0.1) is 0 Å². The number of pyridine rings is 1. The monoisotopic (exact) mass is 389 g/mol. The van der Waals surface area contributed by atoms with Gasteiger partial charge in [0.2, 0.25) is 0 Å². The molecular formula is C22H23N5S. The summed E-state index contributed by atoms with van der Waals surface area (Å²) in [4.78, 5) is 15.5. The Kier molecular flexibility index (Phi) is 4.58. The fourth-order valence-corrected chi connectivity index (χ4v) is 5.08. The minimum absolute atomic E-state index is 0.234. The van der Waals surface area contributed by atoms with Gasteiger partial charge >= 0.3 is 0 Å². The number of imidazole rings is 1. The lowest BCUT2D eigenvalue weighted by Gasteiger charge is -2.36. The maximum Gasteiger partial charge on any atom is 0.126 e. The van der Waals surface area contributed by atoms with Gasteiger partial charge in [0.15, 0.2) is 0 Å². The molecule has 1 atom stereocenters. The van der Waals surface area contributed by atoms with Gasteiger partial charge in [0, 0.05) is 18.1 Å². The number of hydrogen-bond acceptors (Lipinski definition) is 5. The van der Waals surface area contributed by atoms with Crippen molar-refractivity contribution in [3.05, 3.63) is 76.0 Å². The zero-order chi connectivity index (χ0) is 18.9. The van der Waals surface area contributed by atoms with E-state index in [1.807, 2.05) is 30.5 Å². The average molecular weight is 390 g/mol. The van der Waals surface area contributed by atoms with Crippen molar-refractivity contribution in [1.82, 2.24) is 15.0 Å². The third-order valence-electron chi connectivity index (χ3n) is 5.55. The van der Waals surface area contributed by atoms with E-state index in [0.717, 1.165) is 29.7 Å². The van der Waals surface area contributed by atoms with Crippen LogP contribution in [0.5, 0.6) is 0 Å². The van der Waals surface area contributed by atoms with Crippen LogP contribution in [0.2, 0.25) is 0 Å². The van der Waals surface area contributed by atoms with Gasteiger partial charge in [0.05, 0.1) is 35.0 Å². The number of hydrogen-bond donors (Lipinski definition) is 2. The number of aromatic nitrogens is 3. The van der Waals surface area contributed by atoms with Crippen LogP contribution >= 0.6 is 11.3 Å². The molecule has 0 saturated heterocycles. The van der Waals surface area contributed by atoms with E-state index in [9.17, 15) is 0 Å². The van der Waals surface area contributed by atoms with Gasteiger partial charge in [0.25, 0.3) is 0 Å². The van der Waals surface area contributed by atoms with Gasteiger partial charge in [-0.05, 0) is 54.0 Å². The van der Waals surface area contributed by atoms with Crippen molar-refractivity contribution >= 4 is 28.1 Å². The summed E-state index contributed by atoms with van der Waals surface area (Å²) in [6.07, 6.45) is 5.27. The van der Waals surface area contributed by atoms with E-state index in [4.69, 9.17) is 15.7 Å². The lowest BCUT2D eigenvalue weighted by Crippen LogP contribution is -2.32. The lowest BCUT2D eigenvalue weighted by atomic mass is 9.90. The number of nitrogens with two attached hydrogens (primary N) is 1. The summed E-state index contributed by atoms with van der Waals surface area (Å²) in [5.74, 6) is 0.971. The highest BCUT2D eigenvalue weighted by Gasteiger charge is 2.29. The van der Waals surface area contributed by atoms with Gasteiger partial charge in [-0.25, -0.2) is 4.98 Å². The zero-order valence-electron chi connectivity index (χ0n) is 15.6. The molecule has 1 aliphatic rings. The summed E-state index contributed by atoms with van der Waals surface area (Å²) >= 11 is 1.71. The van der Waals surface area contributed by atoms with E-state index in [0.29, 0.717) is 13.1 Å². The van der Waals surface area contributed by atoms with E-state index < -0.39 is 0 Å². The fraction of sp³-hybridized carbons (Fsp3) is 0.273. The Hall–Kier alpha value is -2.70. The summed E-state index contributed by atoms with van der Waals surface area (Å²) < 4.78 is 0. The smallest absolute Gasteiger partial charge is 0.126 e. The van der Waals surface area contributed by atoms with Gasteiger partial charge < -0.3 is 15.6 Å². The van der Waals surface area contributed by atoms with E-state index in [-0.39, 0.29) is 6.04 Å². The molecule has 142 valence electrons. The molecule has 0 bridgehead atoms. The summed E-state index contributed by atoms with van der Waals surface area (Å²) in [6.45, 7) is 1.25. The van der Waals surface area contributed by atoms with E-state index >= 15 is 0 Å². The molecule has 3 N–H and O–H groups in total. The Balaban J connectivity index is 1.58. The minimum atomic E-state index is 0.234. The Labute approximate surface area is 168 Å². The molecular weight excluding hydrogens is 366 g/mol. The number of anilines is 1. The van der Waals surface area contributed by atoms with Gasteiger partial charge in [-0.2, -0.15) is 0 Å². The molecule has 0 spiro atoms. The standard InChI is InChI=1S/C22H23N5S/c23-11-16-13-28-14-20(16)27(12-21-25-17-7-1-2-8-18(17)26-21)19-9-3-5-15-6-4-10-24-22(15)19/h1-2,4,6-8,10,13-14,19H,3,5,9,11-12,23H2,(H,25,26). The van der Waals surface area contributed by atoms with Crippen molar-refractivity contribution in [1.29, 1.82) is 0 Å². The van der Waals surface area contributed by atoms with Crippen molar-refractivity contribution in [2.45, 2.75) is 38.4 Å². The van der Waals surface area contributed by atoms with E-state index in [1.54, 1.807) is 11.3 Å². The van der Waals surface area contributed by atoms with Crippen LogP contribution in [0.25, 0.3) is 11.0 Å². The number of aryl methyl sites for hydroxylation is 1. The van der Waals surface area contributed by atoms with Crippen LogP contribution in [0.4, 0.5) is 5.69 Å². The topological polar surface area (TPSA) is 70.8 Å². The molecule has 0 fully saturated rings.